The molecular weight excluding hydrogens is 352 g/mol. The summed E-state index contributed by atoms with van der Waals surface area (Å²) in [6, 6.07) is 15.5. The molecule has 0 unspecified atom stereocenters. The van der Waals surface area contributed by atoms with Gasteiger partial charge >= 0.3 is 0 Å². The molecule has 4 rings (SSSR count). The van der Waals surface area contributed by atoms with Crippen molar-refractivity contribution in [3.63, 3.8) is 0 Å². The molecule has 0 fully saturated rings. The molecule has 0 saturated heterocycles. The second kappa shape index (κ2) is 7.48. The van der Waals surface area contributed by atoms with Gasteiger partial charge < -0.3 is 0 Å². The highest BCUT2D eigenvalue weighted by molar-refractivity contribution is 5.96. The van der Waals surface area contributed by atoms with E-state index < -0.39 is 0 Å². The highest BCUT2D eigenvalue weighted by Crippen LogP contribution is 2.21. The van der Waals surface area contributed by atoms with E-state index in [0.29, 0.717) is 22.4 Å². The van der Waals surface area contributed by atoms with Gasteiger partial charge in [-0.05, 0) is 43.2 Å². The number of amides is 1. The lowest BCUT2D eigenvalue weighted by atomic mass is 10.1. The fourth-order valence-electron chi connectivity index (χ4n) is 2.90. The minimum atomic E-state index is -0.236. The number of hydrogen-bond donors (Lipinski definition) is 2. The quantitative estimate of drug-likeness (QED) is 0.524. The lowest BCUT2D eigenvalue weighted by Crippen LogP contribution is -2.29. The molecule has 2 aromatic heterocycles. The third kappa shape index (κ3) is 3.42. The first-order valence-corrected chi connectivity index (χ1v) is 9.07. The van der Waals surface area contributed by atoms with Crippen LogP contribution in [0, 0.1) is 6.92 Å². The molecule has 2 N–H and O–H groups in total. The van der Waals surface area contributed by atoms with E-state index in [4.69, 9.17) is 0 Å². The van der Waals surface area contributed by atoms with Gasteiger partial charge in [-0.1, -0.05) is 36.8 Å². The normalized spacial score (nSPS) is 10.8. The molecule has 0 aliphatic heterocycles. The fourth-order valence-corrected chi connectivity index (χ4v) is 2.90. The van der Waals surface area contributed by atoms with Gasteiger partial charge in [0.2, 0.25) is 0 Å². The zero-order valence-electron chi connectivity index (χ0n) is 15.7. The Morgan fingerprint density at radius 1 is 1.04 bits per heavy atom. The van der Waals surface area contributed by atoms with E-state index in [2.05, 4.69) is 32.8 Å². The van der Waals surface area contributed by atoms with E-state index in [9.17, 15) is 4.79 Å². The van der Waals surface area contributed by atoms with E-state index in [1.807, 2.05) is 43.3 Å². The van der Waals surface area contributed by atoms with Crippen LogP contribution in [0.25, 0.3) is 16.7 Å². The van der Waals surface area contributed by atoms with Crippen molar-refractivity contribution in [2.24, 2.45) is 0 Å². The van der Waals surface area contributed by atoms with Gasteiger partial charge in [0.1, 0.15) is 6.33 Å². The zero-order valence-corrected chi connectivity index (χ0v) is 15.7. The number of nitrogens with zero attached hydrogens (tertiary/aromatic N) is 4. The number of benzene rings is 2. The third-order valence-electron chi connectivity index (χ3n) is 4.56. The molecule has 0 saturated carbocycles. The lowest BCUT2D eigenvalue weighted by Gasteiger charge is -2.09. The van der Waals surface area contributed by atoms with Crippen LogP contribution in [0.5, 0.6) is 0 Å². The molecular formula is C21H20N6O. The molecule has 2 aromatic carbocycles. The van der Waals surface area contributed by atoms with Gasteiger partial charge in [-0.25, -0.2) is 14.6 Å². The Bertz CT molecular complexity index is 1120. The number of carbonyl (C=O) groups is 1. The summed E-state index contributed by atoms with van der Waals surface area (Å²) in [4.78, 5) is 20.9. The number of nitrogens with one attached hydrogen (secondary N) is 2. The maximum atomic E-state index is 12.4. The Morgan fingerprint density at radius 3 is 2.50 bits per heavy atom. The number of rotatable bonds is 5. The van der Waals surface area contributed by atoms with Crippen LogP contribution in [0.2, 0.25) is 0 Å². The van der Waals surface area contributed by atoms with Gasteiger partial charge in [0.25, 0.3) is 5.91 Å². The van der Waals surface area contributed by atoms with Crippen molar-refractivity contribution in [1.82, 2.24) is 25.2 Å². The van der Waals surface area contributed by atoms with Gasteiger partial charge in [0, 0.05) is 5.56 Å². The number of aromatic nitrogens is 4. The predicted molar refractivity (Wildman–Crippen MR) is 108 cm³/mol. The van der Waals surface area contributed by atoms with Crippen LogP contribution in [0.3, 0.4) is 0 Å². The van der Waals surface area contributed by atoms with Crippen molar-refractivity contribution in [3.05, 3.63) is 77.7 Å². The van der Waals surface area contributed by atoms with Crippen LogP contribution >= 0.6 is 0 Å². The van der Waals surface area contributed by atoms with E-state index in [0.717, 1.165) is 12.1 Å². The molecule has 140 valence electrons. The number of hydrogen-bond acceptors (Lipinski definition) is 5. The first-order chi connectivity index (χ1) is 13.7. The van der Waals surface area contributed by atoms with E-state index in [1.54, 1.807) is 23.0 Å². The highest BCUT2D eigenvalue weighted by atomic mass is 16.2. The van der Waals surface area contributed by atoms with Crippen LogP contribution in [0.15, 0.2) is 61.1 Å². The van der Waals surface area contributed by atoms with Crippen molar-refractivity contribution < 1.29 is 4.79 Å². The SMILES string of the molecule is CCc1ccc(C(=O)NNc2ncnc3c2cnn3-c2ccc(C)cc2)cc1. The molecule has 0 spiro atoms. The largest absolute Gasteiger partial charge is 0.281 e. The number of carbonyl (C=O) groups excluding carboxylic acids is 1. The Hall–Kier alpha value is -3.74. The Kier molecular flexibility index (Phi) is 4.72. The van der Waals surface area contributed by atoms with Crippen molar-refractivity contribution in [2.45, 2.75) is 20.3 Å². The van der Waals surface area contributed by atoms with Gasteiger partial charge in [0.05, 0.1) is 17.3 Å². The number of hydrazine groups is 1. The molecule has 7 heteroatoms. The first-order valence-electron chi connectivity index (χ1n) is 9.07. The molecule has 4 aromatic rings. The molecule has 0 aliphatic carbocycles. The summed E-state index contributed by atoms with van der Waals surface area (Å²) in [5.74, 6) is 0.252. The summed E-state index contributed by atoms with van der Waals surface area (Å²) in [6.45, 7) is 4.11. The molecule has 0 radical (unpaired) electrons. The van der Waals surface area contributed by atoms with Crippen LogP contribution in [-0.4, -0.2) is 25.7 Å². The Labute approximate surface area is 162 Å². The van der Waals surface area contributed by atoms with Gasteiger partial charge in [0.15, 0.2) is 11.5 Å². The van der Waals surface area contributed by atoms with Crippen LogP contribution in [0.4, 0.5) is 5.82 Å². The van der Waals surface area contributed by atoms with Gasteiger partial charge in [-0.2, -0.15) is 5.10 Å². The van der Waals surface area contributed by atoms with Gasteiger partial charge in [-0.3, -0.25) is 15.6 Å². The lowest BCUT2D eigenvalue weighted by molar-refractivity contribution is 0.0962. The predicted octanol–water partition coefficient (Wildman–Crippen LogP) is 3.44. The van der Waals surface area contributed by atoms with Crippen LogP contribution in [-0.2, 0) is 6.42 Å². The monoisotopic (exact) mass is 372 g/mol. The molecule has 0 atom stereocenters. The second-order valence-corrected chi connectivity index (χ2v) is 6.48. The second-order valence-electron chi connectivity index (χ2n) is 6.48. The van der Waals surface area contributed by atoms with Crippen LogP contribution in [0.1, 0.15) is 28.4 Å². The average Bonchev–Trinajstić information content (AvgIpc) is 3.17. The fraction of sp³-hybridized carbons (Fsp3) is 0.143. The molecule has 0 aliphatic rings. The van der Waals surface area contributed by atoms with Crippen molar-refractivity contribution in [3.8, 4) is 5.69 Å². The smallest absolute Gasteiger partial charge is 0.269 e. The van der Waals surface area contributed by atoms with Crippen molar-refractivity contribution in [2.75, 3.05) is 5.43 Å². The Balaban J connectivity index is 1.56. The highest BCUT2D eigenvalue weighted by Gasteiger charge is 2.12. The Morgan fingerprint density at radius 2 is 1.79 bits per heavy atom. The summed E-state index contributed by atoms with van der Waals surface area (Å²) < 4.78 is 1.74. The first kappa shape index (κ1) is 17.7. The summed E-state index contributed by atoms with van der Waals surface area (Å²) in [5.41, 5.74) is 10.1. The number of aryl methyl sites for hydroxylation is 2. The standard InChI is InChI=1S/C21H20N6O/c1-3-15-6-8-16(9-7-15)21(28)26-25-19-18-12-24-27(20(18)23-13-22-19)17-10-4-14(2)5-11-17/h4-13H,3H2,1-2H3,(H,26,28)(H,22,23,25). The van der Waals surface area contributed by atoms with Gasteiger partial charge in [-0.15, -0.1) is 0 Å². The summed E-state index contributed by atoms with van der Waals surface area (Å²) >= 11 is 0. The number of fused-ring (bicyclic) bond motifs is 1. The molecule has 2 heterocycles. The maximum Gasteiger partial charge on any atom is 0.269 e. The molecule has 7 nitrogen and oxygen atoms in total. The summed E-state index contributed by atoms with van der Waals surface area (Å²) in [5, 5.41) is 5.13. The molecule has 1 amide bonds. The molecule has 0 bridgehead atoms. The topological polar surface area (TPSA) is 84.7 Å². The minimum Gasteiger partial charge on any atom is -0.281 e. The van der Waals surface area contributed by atoms with Crippen LogP contribution < -0.4 is 10.9 Å². The third-order valence-corrected chi connectivity index (χ3v) is 4.56. The summed E-state index contributed by atoms with van der Waals surface area (Å²) in [7, 11) is 0. The number of anilines is 1. The van der Waals surface area contributed by atoms with Crippen molar-refractivity contribution in [1.29, 1.82) is 0 Å². The zero-order chi connectivity index (χ0) is 19.5. The van der Waals surface area contributed by atoms with E-state index >= 15 is 0 Å². The van der Waals surface area contributed by atoms with E-state index in [-0.39, 0.29) is 5.91 Å². The van der Waals surface area contributed by atoms with Crippen molar-refractivity contribution >= 4 is 22.8 Å². The van der Waals surface area contributed by atoms with E-state index in [1.165, 1.54) is 17.5 Å². The molecule has 28 heavy (non-hydrogen) atoms. The summed E-state index contributed by atoms with van der Waals surface area (Å²) in [6.07, 6.45) is 4.06. The average molecular weight is 372 g/mol. The minimum absolute atomic E-state index is 0.236. The maximum absolute atomic E-state index is 12.4.